The van der Waals surface area contributed by atoms with E-state index in [1.165, 1.54) is 17.9 Å². The van der Waals surface area contributed by atoms with E-state index in [1.807, 2.05) is 18.8 Å². The van der Waals surface area contributed by atoms with Crippen molar-refractivity contribution >= 4 is 29.1 Å². The first kappa shape index (κ1) is 12.0. The zero-order valence-electron chi connectivity index (χ0n) is 8.02. The average Bonchev–Trinajstić information content (AvgIpc) is 2.05. The van der Waals surface area contributed by atoms with Crippen LogP contribution in [0.2, 0.25) is 0 Å². The second-order valence-electron chi connectivity index (χ2n) is 2.61. The van der Waals surface area contributed by atoms with Gasteiger partial charge in [0, 0.05) is 13.1 Å². The number of thioether (sulfide) groups is 1. The maximum Gasteiger partial charge on any atom is 0.166 e. The van der Waals surface area contributed by atoms with Gasteiger partial charge in [0.25, 0.3) is 0 Å². The highest BCUT2D eigenvalue weighted by atomic mass is 32.2. The Hall–Kier alpha value is 0.0400. The number of nitrogens with one attached hydrogen (secondary N) is 2. The lowest BCUT2D eigenvalue weighted by Crippen LogP contribution is -2.38. The minimum Gasteiger partial charge on any atom is -0.366 e. The monoisotopic (exact) mass is 206 g/mol. The van der Waals surface area contributed by atoms with Gasteiger partial charge >= 0.3 is 0 Å². The molecule has 1 atom stereocenters. The molecule has 0 aliphatic heterocycles. The van der Waals surface area contributed by atoms with Crippen LogP contribution in [-0.2, 0) is 0 Å². The summed E-state index contributed by atoms with van der Waals surface area (Å²) in [4.78, 5) is 0. The Morgan fingerprint density at radius 2 is 2.25 bits per heavy atom. The summed E-state index contributed by atoms with van der Waals surface area (Å²) >= 11 is 6.95. The van der Waals surface area contributed by atoms with Crippen LogP contribution in [0.15, 0.2) is 0 Å². The van der Waals surface area contributed by atoms with Gasteiger partial charge in [0.05, 0.1) is 0 Å². The minimum absolute atomic E-state index is 0.476. The Labute approximate surface area is 84.9 Å². The van der Waals surface area contributed by atoms with Crippen LogP contribution in [0.1, 0.15) is 20.3 Å². The lowest BCUT2D eigenvalue weighted by molar-refractivity contribution is 0.643. The van der Waals surface area contributed by atoms with Crippen LogP contribution in [-0.4, -0.2) is 29.7 Å². The van der Waals surface area contributed by atoms with Crippen LogP contribution in [0.25, 0.3) is 0 Å². The van der Waals surface area contributed by atoms with Crippen molar-refractivity contribution in [3.05, 3.63) is 0 Å². The second kappa shape index (κ2) is 7.68. The highest BCUT2D eigenvalue weighted by Gasteiger charge is 2.01. The van der Waals surface area contributed by atoms with E-state index in [2.05, 4.69) is 24.5 Å². The van der Waals surface area contributed by atoms with Gasteiger partial charge in [0.2, 0.25) is 0 Å². The molecule has 0 saturated carbocycles. The van der Waals surface area contributed by atoms with Gasteiger partial charge in [-0.3, -0.25) is 0 Å². The topological polar surface area (TPSA) is 24.1 Å². The summed E-state index contributed by atoms with van der Waals surface area (Å²) in [5.41, 5.74) is 0. The van der Waals surface area contributed by atoms with E-state index in [-0.39, 0.29) is 0 Å². The van der Waals surface area contributed by atoms with Crippen LogP contribution in [0, 0.1) is 0 Å². The number of thiocarbonyl (C=S) groups is 1. The van der Waals surface area contributed by atoms with E-state index >= 15 is 0 Å². The van der Waals surface area contributed by atoms with Gasteiger partial charge in [-0.15, -0.1) is 0 Å². The molecule has 0 fully saturated rings. The molecule has 0 aromatic carbocycles. The summed E-state index contributed by atoms with van der Waals surface area (Å²) in [5, 5.41) is 6.84. The summed E-state index contributed by atoms with van der Waals surface area (Å²) in [6.45, 7) is 4.33. The van der Waals surface area contributed by atoms with Crippen molar-refractivity contribution in [2.24, 2.45) is 0 Å². The zero-order valence-corrected chi connectivity index (χ0v) is 9.65. The first-order chi connectivity index (χ1) is 5.70. The molecule has 0 rings (SSSR count). The van der Waals surface area contributed by atoms with Crippen LogP contribution in [0.4, 0.5) is 0 Å². The van der Waals surface area contributed by atoms with E-state index in [1.54, 1.807) is 0 Å². The van der Waals surface area contributed by atoms with E-state index < -0.39 is 0 Å². The largest absolute Gasteiger partial charge is 0.366 e. The van der Waals surface area contributed by atoms with E-state index in [4.69, 9.17) is 12.2 Å². The number of rotatable bonds is 5. The quantitative estimate of drug-likeness (QED) is 0.527. The zero-order chi connectivity index (χ0) is 9.40. The van der Waals surface area contributed by atoms with Crippen LogP contribution < -0.4 is 10.6 Å². The predicted molar refractivity (Wildman–Crippen MR) is 61.9 cm³/mol. The number of hydrogen-bond donors (Lipinski definition) is 2. The molecule has 0 bridgehead atoms. The van der Waals surface area contributed by atoms with Gasteiger partial charge in [-0.25, -0.2) is 0 Å². The van der Waals surface area contributed by atoms with Crippen LogP contribution in [0.5, 0.6) is 0 Å². The molecule has 0 amide bonds. The van der Waals surface area contributed by atoms with E-state index in [0.717, 1.165) is 5.11 Å². The highest BCUT2D eigenvalue weighted by molar-refractivity contribution is 7.99. The fourth-order valence-corrected chi connectivity index (χ4v) is 1.78. The third-order valence-corrected chi connectivity index (χ3v) is 2.76. The van der Waals surface area contributed by atoms with Crippen molar-refractivity contribution in [3.8, 4) is 0 Å². The van der Waals surface area contributed by atoms with Crippen molar-refractivity contribution in [2.45, 2.75) is 26.3 Å². The molecule has 0 aliphatic rings. The average molecular weight is 206 g/mol. The fraction of sp³-hybridized carbons (Fsp3) is 0.875. The van der Waals surface area contributed by atoms with Crippen molar-refractivity contribution in [1.29, 1.82) is 0 Å². The van der Waals surface area contributed by atoms with Gasteiger partial charge < -0.3 is 10.6 Å². The third-order valence-electron chi connectivity index (χ3n) is 1.50. The summed E-state index contributed by atoms with van der Waals surface area (Å²) < 4.78 is 0. The molecule has 72 valence electrons. The summed E-state index contributed by atoms with van der Waals surface area (Å²) in [5.74, 6) is 2.40. The molecule has 0 spiro atoms. The lowest BCUT2D eigenvalue weighted by atomic mass is 10.3. The highest BCUT2D eigenvalue weighted by Crippen LogP contribution is 2.03. The Balaban J connectivity index is 3.32. The first-order valence-electron chi connectivity index (χ1n) is 4.26. The van der Waals surface area contributed by atoms with Crippen molar-refractivity contribution in [1.82, 2.24) is 10.6 Å². The maximum atomic E-state index is 4.98. The molecular weight excluding hydrogens is 188 g/mol. The van der Waals surface area contributed by atoms with Gasteiger partial charge in [-0.05, 0) is 37.1 Å². The van der Waals surface area contributed by atoms with Crippen LogP contribution >= 0.6 is 24.0 Å². The molecule has 0 saturated heterocycles. The Morgan fingerprint density at radius 1 is 1.58 bits per heavy atom. The molecule has 1 unspecified atom stereocenters. The first-order valence-corrected chi connectivity index (χ1v) is 5.83. The van der Waals surface area contributed by atoms with Gasteiger partial charge in [-0.2, -0.15) is 11.8 Å². The lowest BCUT2D eigenvalue weighted by Gasteiger charge is -2.14. The molecule has 0 radical (unpaired) electrons. The molecule has 2 nitrogen and oxygen atoms in total. The Morgan fingerprint density at radius 3 is 2.75 bits per heavy atom. The molecule has 2 N–H and O–H groups in total. The molecule has 0 aromatic rings. The third kappa shape index (κ3) is 6.73. The Bertz CT molecular complexity index is 128. The van der Waals surface area contributed by atoms with Crippen LogP contribution in [0.3, 0.4) is 0 Å². The van der Waals surface area contributed by atoms with Crippen molar-refractivity contribution in [3.63, 3.8) is 0 Å². The molecular formula is C8H18N2S2. The molecule has 0 aliphatic carbocycles. The molecule has 0 heterocycles. The smallest absolute Gasteiger partial charge is 0.166 e. The van der Waals surface area contributed by atoms with E-state index in [9.17, 15) is 0 Å². The van der Waals surface area contributed by atoms with Crippen molar-refractivity contribution < 1.29 is 0 Å². The van der Waals surface area contributed by atoms with Gasteiger partial charge in [-0.1, -0.05) is 6.92 Å². The summed E-state index contributed by atoms with van der Waals surface area (Å²) in [6.07, 6.45) is 1.17. The fourth-order valence-electron chi connectivity index (χ4n) is 0.773. The second-order valence-corrected chi connectivity index (χ2v) is 4.41. The molecule has 0 aromatic heterocycles. The standard InChI is InChI=1S/C8H18N2S2/c1-4-12-6-5-7(2)10-8(11)9-3/h7H,4-6H2,1-3H3,(H2,9,10,11). The van der Waals surface area contributed by atoms with Gasteiger partial charge in [0.15, 0.2) is 5.11 Å². The summed E-state index contributed by atoms with van der Waals surface area (Å²) in [6, 6.07) is 0.476. The SMILES string of the molecule is CCSCCC(C)NC(=S)NC. The minimum atomic E-state index is 0.476. The Kier molecular flexibility index (Phi) is 7.70. The summed E-state index contributed by atoms with van der Waals surface area (Å²) in [7, 11) is 1.84. The molecule has 12 heavy (non-hydrogen) atoms. The molecule has 4 heteroatoms. The van der Waals surface area contributed by atoms with E-state index in [0.29, 0.717) is 6.04 Å². The van der Waals surface area contributed by atoms with Crippen molar-refractivity contribution in [2.75, 3.05) is 18.6 Å². The van der Waals surface area contributed by atoms with Gasteiger partial charge in [0.1, 0.15) is 0 Å². The maximum absolute atomic E-state index is 4.98. The predicted octanol–water partition coefficient (Wildman–Crippen LogP) is 1.61. The normalized spacial score (nSPS) is 12.2. The number of hydrogen-bond acceptors (Lipinski definition) is 2.